The highest BCUT2D eigenvalue weighted by atomic mass is 16.4. The molecule has 36 heavy (non-hydrogen) atoms. The fourth-order valence-electron chi connectivity index (χ4n) is 3.93. The predicted octanol–water partition coefficient (Wildman–Crippen LogP) is 0.892. The molecular weight excluding hydrogens is 472 g/mol. The van der Waals surface area contributed by atoms with Crippen molar-refractivity contribution in [3.8, 4) is 5.75 Å². The number of benzene rings is 1. The minimum absolute atomic E-state index is 0.0688. The summed E-state index contributed by atoms with van der Waals surface area (Å²) in [5.41, 5.74) is -0.819. The number of hydrogen-bond donors (Lipinski definition) is 4. The van der Waals surface area contributed by atoms with Crippen LogP contribution in [-0.2, 0) is 9.59 Å². The Kier molecular flexibility index (Phi) is 8.66. The van der Waals surface area contributed by atoms with Crippen molar-refractivity contribution >= 4 is 34.8 Å². The van der Waals surface area contributed by atoms with Crippen molar-refractivity contribution in [1.29, 1.82) is 0 Å². The van der Waals surface area contributed by atoms with Crippen molar-refractivity contribution in [1.82, 2.24) is 20.4 Å². The summed E-state index contributed by atoms with van der Waals surface area (Å²) in [6.07, 6.45) is 1.14. The highest BCUT2D eigenvalue weighted by molar-refractivity contribution is 5.97. The number of piperazine rings is 1. The zero-order valence-corrected chi connectivity index (χ0v) is 19.6. The van der Waals surface area contributed by atoms with Crippen molar-refractivity contribution in [3.63, 3.8) is 0 Å². The molecule has 12 heteroatoms. The van der Waals surface area contributed by atoms with E-state index in [2.05, 4.69) is 17.2 Å². The Bertz CT molecular complexity index is 1220. The van der Waals surface area contributed by atoms with Crippen molar-refractivity contribution in [2.45, 2.75) is 25.3 Å². The van der Waals surface area contributed by atoms with Crippen molar-refractivity contribution in [2.24, 2.45) is 0 Å². The van der Waals surface area contributed by atoms with Crippen LogP contribution in [0.25, 0.3) is 11.0 Å². The maximum Gasteiger partial charge on any atom is 0.405 e. The Labute approximate surface area is 206 Å². The lowest BCUT2D eigenvalue weighted by Gasteiger charge is -2.36. The van der Waals surface area contributed by atoms with Gasteiger partial charge in [-0.05, 0) is 43.5 Å². The molecule has 1 aromatic carbocycles. The van der Waals surface area contributed by atoms with Gasteiger partial charge in [-0.15, -0.1) is 0 Å². The van der Waals surface area contributed by atoms with Crippen LogP contribution in [0.2, 0.25) is 0 Å². The molecule has 2 heterocycles. The molecule has 1 aromatic heterocycles. The van der Waals surface area contributed by atoms with E-state index in [1.807, 2.05) is 0 Å². The van der Waals surface area contributed by atoms with Gasteiger partial charge in [0.1, 0.15) is 22.9 Å². The van der Waals surface area contributed by atoms with E-state index in [-0.39, 0.29) is 55.4 Å². The van der Waals surface area contributed by atoms with E-state index in [1.54, 1.807) is 0 Å². The van der Waals surface area contributed by atoms with Crippen molar-refractivity contribution in [3.05, 3.63) is 52.9 Å². The first-order chi connectivity index (χ1) is 17.2. The number of carboxylic acid groups (broad SMARTS) is 1. The molecule has 0 saturated carbocycles. The van der Waals surface area contributed by atoms with Gasteiger partial charge in [0.05, 0.1) is 0 Å². The number of fused-ring (bicyclic) bond motifs is 1. The monoisotopic (exact) mass is 500 g/mol. The van der Waals surface area contributed by atoms with E-state index in [0.717, 1.165) is 6.08 Å². The van der Waals surface area contributed by atoms with Gasteiger partial charge in [-0.1, -0.05) is 6.58 Å². The number of phenols is 1. The number of nitrogens with one attached hydrogen (secondary N) is 2. The SMILES string of the molecule is C=CC(=O)NCCCCC(NC(=O)O)C(=O)N1CCN(C(=O)c2cc3ccc(O)cc3oc2=O)CC1. The average molecular weight is 501 g/mol. The number of carbonyl (C=O) groups is 4. The maximum absolute atomic E-state index is 13.0. The lowest BCUT2D eigenvalue weighted by molar-refractivity contribution is -0.135. The summed E-state index contributed by atoms with van der Waals surface area (Å²) in [5, 5.41) is 24.0. The van der Waals surface area contributed by atoms with Crippen LogP contribution >= 0.6 is 0 Å². The summed E-state index contributed by atoms with van der Waals surface area (Å²) in [6.45, 7) is 4.39. The standard InChI is InChI=1S/C24H28N4O8/c1-2-20(30)25-8-4-3-5-18(26-24(34)35)22(32)28-11-9-27(10-12-28)21(31)17-13-15-6-7-16(29)14-19(15)36-23(17)33/h2,6-7,13-14,18,26,29H,1,3-5,8-12H2,(H,25,30)(H,34,35). The molecule has 3 rings (SSSR count). The van der Waals surface area contributed by atoms with Gasteiger partial charge in [0.15, 0.2) is 0 Å². The molecule has 1 saturated heterocycles. The predicted molar refractivity (Wildman–Crippen MR) is 129 cm³/mol. The van der Waals surface area contributed by atoms with E-state index >= 15 is 0 Å². The third-order valence-electron chi connectivity index (χ3n) is 5.83. The molecule has 4 N–H and O–H groups in total. The highest BCUT2D eigenvalue weighted by Gasteiger charge is 2.31. The van der Waals surface area contributed by atoms with Crippen LogP contribution in [0.1, 0.15) is 29.6 Å². The van der Waals surface area contributed by atoms with E-state index in [1.165, 1.54) is 34.1 Å². The molecule has 1 aliphatic heterocycles. The third kappa shape index (κ3) is 6.62. The summed E-state index contributed by atoms with van der Waals surface area (Å²) >= 11 is 0. The zero-order chi connectivity index (χ0) is 26.2. The van der Waals surface area contributed by atoms with Crippen LogP contribution in [0, 0.1) is 0 Å². The average Bonchev–Trinajstić information content (AvgIpc) is 2.86. The quantitative estimate of drug-likeness (QED) is 0.223. The molecule has 0 radical (unpaired) electrons. The Balaban J connectivity index is 1.58. The molecule has 2 aromatic rings. The van der Waals surface area contributed by atoms with E-state index in [9.17, 15) is 29.1 Å². The van der Waals surface area contributed by atoms with Gasteiger partial charge < -0.3 is 35.1 Å². The molecule has 12 nitrogen and oxygen atoms in total. The fraction of sp³-hybridized carbons (Fsp3) is 0.375. The summed E-state index contributed by atoms with van der Waals surface area (Å²) in [6, 6.07) is 4.69. The molecular formula is C24H28N4O8. The molecule has 0 aliphatic carbocycles. The lowest BCUT2D eigenvalue weighted by atomic mass is 10.1. The minimum atomic E-state index is -1.32. The van der Waals surface area contributed by atoms with Gasteiger partial charge in [-0.25, -0.2) is 9.59 Å². The number of unbranched alkanes of at least 4 members (excludes halogenated alkanes) is 1. The van der Waals surface area contributed by atoms with Gasteiger partial charge in [-0.2, -0.15) is 0 Å². The smallest absolute Gasteiger partial charge is 0.405 e. The summed E-state index contributed by atoms with van der Waals surface area (Å²) in [5.74, 6) is -1.31. The Morgan fingerprint density at radius 1 is 1.08 bits per heavy atom. The number of rotatable bonds is 9. The largest absolute Gasteiger partial charge is 0.508 e. The number of amides is 4. The lowest BCUT2D eigenvalue weighted by Crippen LogP contribution is -2.56. The molecule has 1 unspecified atom stereocenters. The fourth-order valence-corrected chi connectivity index (χ4v) is 3.93. The first-order valence-corrected chi connectivity index (χ1v) is 11.4. The van der Waals surface area contributed by atoms with Crippen molar-refractivity contribution in [2.75, 3.05) is 32.7 Å². The van der Waals surface area contributed by atoms with Crippen LogP contribution in [0.5, 0.6) is 5.75 Å². The second-order valence-corrected chi connectivity index (χ2v) is 8.28. The van der Waals surface area contributed by atoms with E-state index in [0.29, 0.717) is 24.8 Å². The second kappa shape index (κ2) is 11.9. The van der Waals surface area contributed by atoms with Crippen molar-refractivity contribution < 1.29 is 33.8 Å². The second-order valence-electron chi connectivity index (χ2n) is 8.28. The summed E-state index contributed by atoms with van der Waals surface area (Å²) in [4.78, 5) is 63.5. The number of hydrogen-bond acceptors (Lipinski definition) is 7. The molecule has 0 bridgehead atoms. The molecule has 1 atom stereocenters. The molecule has 0 spiro atoms. The van der Waals surface area contributed by atoms with Crippen LogP contribution in [0.15, 0.2) is 46.1 Å². The summed E-state index contributed by atoms with van der Waals surface area (Å²) in [7, 11) is 0. The maximum atomic E-state index is 13.0. The zero-order valence-electron chi connectivity index (χ0n) is 19.6. The van der Waals surface area contributed by atoms with Gasteiger partial charge in [-0.3, -0.25) is 14.4 Å². The first-order valence-electron chi connectivity index (χ1n) is 11.4. The third-order valence-corrected chi connectivity index (χ3v) is 5.83. The van der Waals surface area contributed by atoms with Crippen LogP contribution < -0.4 is 16.3 Å². The number of phenolic OH excluding ortho intramolecular Hbond substituents is 1. The molecule has 192 valence electrons. The minimum Gasteiger partial charge on any atom is -0.508 e. The number of nitrogens with zero attached hydrogens (tertiary/aromatic N) is 2. The topological polar surface area (TPSA) is 169 Å². The van der Waals surface area contributed by atoms with E-state index < -0.39 is 29.6 Å². The van der Waals surface area contributed by atoms with Crippen LogP contribution in [-0.4, -0.2) is 82.6 Å². The Morgan fingerprint density at radius 3 is 2.44 bits per heavy atom. The number of carbonyl (C=O) groups excluding carboxylic acids is 3. The molecule has 1 aliphatic rings. The Morgan fingerprint density at radius 2 is 1.78 bits per heavy atom. The van der Waals surface area contributed by atoms with E-state index in [4.69, 9.17) is 9.52 Å². The van der Waals surface area contributed by atoms with Crippen LogP contribution in [0.3, 0.4) is 0 Å². The normalized spacial score (nSPS) is 14.2. The number of aromatic hydroxyl groups is 1. The molecule has 4 amide bonds. The van der Waals surface area contributed by atoms with Gasteiger partial charge in [0.25, 0.3) is 5.91 Å². The Hall–Kier alpha value is -4.35. The highest BCUT2D eigenvalue weighted by Crippen LogP contribution is 2.20. The van der Waals surface area contributed by atoms with Gasteiger partial charge >= 0.3 is 11.7 Å². The van der Waals surface area contributed by atoms with Crippen LogP contribution in [0.4, 0.5) is 4.79 Å². The van der Waals surface area contributed by atoms with Gasteiger partial charge in [0.2, 0.25) is 11.8 Å². The van der Waals surface area contributed by atoms with Gasteiger partial charge in [0, 0.05) is 44.2 Å². The molecule has 1 fully saturated rings. The summed E-state index contributed by atoms with van der Waals surface area (Å²) < 4.78 is 5.17. The first kappa shape index (κ1) is 26.3.